The lowest BCUT2D eigenvalue weighted by molar-refractivity contribution is 0.143. The van der Waals surface area contributed by atoms with Crippen molar-refractivity contribution in [3.8, 4) is 0 Å². The number of hydrogen-bond donors (Lipinski definition) is 0. The van der Waals surface area contributed by atoms with Crippen molar-refractivity contribution in [1.82, 2.24) is 0 Å². The molecule has 0 radical (unpaired) electrons. The number of ether oxygens (including phenoxy) is 1. The molecule has 0 bridgehead atoms. The Hall–Kier alpha value is -2.12. The first kappa shape index (κ1) is 13.3. The first-order chi connectivity index (χ1) is 9.40. The Morgan fingerprint density at radius 1 is 0.842 bits per heavy atom. The fourth-order valence-electron chi connectivity index (χ4n) is 1.86. The standard InChI is InChI=1S/C18H18O/c1-19-18(17-13-6-3-7-14-17)15-9-8-12-16-10-4-2-5-11-16/h2-15,18H,1H3/b12-8+,15-9+. The third-order valence-electron chi connectivity index (χ3n) is 2.87. The van der Waals surface area contributed by atoms with E-state index < -0.39 is 0 Å². The summed E-state index contributed by atoms with van der Waals surface area (Å²) in [5.41, 5.74) is 2.36. The van der Waals surface area contributed by atoms with Crippen LogP contribution < -0.4 is 0 Å². The predicted octanol–water partition coefficient (Wildman–Crippen LogP) is 4.64. The second-order valence-corrected chi connectivity index (χ2v) is 4.22. The van der Waals surface area contributed by atoms with Gasteiger partial charge < -0.3 is 4.74 Å². The Morgan fingerprint density at radius 2 is 1.47 bits per heavy atom. The largest absolute Gasteiger partial charge is 0.373 e. The van der Waals surface area contributed by atoms with E-state index in [4.69, 9.17) is 4.74 Å². The second kappa shape index (κ2) is 7.34. The molecule has 1 nitrogen and oxygen atoms in total. The van der Waals surface area contributed by atoms with Crippen LogP contribution in [-0.2, 0) is 4.74 Å². The van der Waals surface area contributed by atoms with E-state index in [1.54, 1.807) is 7.11 Å². The lowest BCUT2D eigenvalue weighted by Crippen LogP contribution is -1.96. The van der Waals surface area contributed by atoms with Gasteiger partial charge in [0.15, 0.2) is 0 Å². The molecule has 0 amide bonds. The van der Waals surface area contributed by atoms with Crippen LogP contribution in [0.15, 0.2) is 78.9 Å². The molecule has 96 valence electrons. The highest BCUT2D eigenvalue weighted by Gasteiger charge is 2.03. The fraction of sp³-hybridized carbons (Fsp3) is 0.111. The molecule has 1 unspecified atom stereocenters. The summed E-state index contributed by atoms with van der Waals surface area (Å²) in [6.45, 7) is 0. The highest BCUT2D eigenvalue weighted by molar-refractivity contribution is 5.50. The van der Waals surface area contributed by atoms with Crippen LogP contribution in [-0.4, -0.2) is 7.11 Å². The van der Waals surface area contributed by atoms with Gasteiger partial charge in [-0.1, -0.05) is 85.0 Å². The van der Waals surface area contributed by atoms with Crippen molar-refractivity contribution in [2.75, 3.05) is 7.11 Å². The van der Waals surface area contributed by atoms with Crippen molar-refractivity contribution in [1.29, 1.82) is 0 Å². The summed E-state index contributed by atoms with van der Waals surface area (Å²) in [5.74, 6) is 0. The molecule has 0 aliphatic heterocycles. The van der Waals surface area contributed by atoms with Gasteiger partial charge in [0.25, 0.3) is 0 Å². The van der Waals surface area contributed by atoms with Gasteiger partial charge in [-0.3, -0.25) is 0 Å². The molecule has 0 aliphatic rings. The summed E-state index contributed by atoms with van der Waals surface area (Å²) < 4.78 is 5.47. The van der Waals surface area contributed by atoms with Gasteiger partial charge in [-0.05, 0) is 11.1 Å². The number of benzene rings is 2. The van der Waals surface area contributed by atoms with Gasteiger partial charge in [0.2, 0.25) is 0 Å². The minimum Gasteiger partial charge on any atom is -0.373 e. The smallest absolute Gasteiger partial charge is 0.101 e. The van der Waals surface area contributed by atoms with Gasteiger partial charge in [-0.25, -0.2) is 0 Å². The molecule has 0 spiro atoms. The minimum atomic E-state index is 0.00150. The Labute approximate surface area is 114 Å². The van der Waals surface area contributed by atoms with Crippen LogP contribution in [0.5, 0.6) is 0 Å². The number of methoxy groups -OCH3 is 1. The topological polar surface area (TPSA) is 9.23 Å². The molecule has 2 rings (SSSR count). The molecule has 0 heterocycles. The van der Waals surface area contributed by atoms with Gasteiger partial charge in [0.1, 0.15) is 6.10 Å². The molecule has 0 fully saturated rings. The highest BCUT2D eigenvalue weighted by Crippen LogP contribution is 2.17. The quantitative estimate of drug-likeness (QED) is 0.702. The molecule has 0 N–H and O–H groups in total. The first-order valence-corrected chi connectivity index (χ1v) is 6.38. The number of allylic oxidation sites excluding steroid dienone is 2. The van der Waals surface area contributed by atoms with Gasteiger partial charge in [-0.2, -0.15) is 0 Å². The van der Waals surface area contributed by atoms with Crippen molar-refractivity contribution < 1.29 is 4.74 Å². The van der Waals surface area contributed by atoms with E-state index in [0.717, 1.165) is 5.56 Å². The normalized spacial score (nSPS) is 13.1. The fourth-order valence-corrected chi connectivity index (χ4v) is 1.86. The number of rotatable bonds is 5. The van der Waals surface area contributed by atoms with Crippen LogP contribution in [0, 0.1) is 0 Å². The zero-order chi connectivity index (χ0) is 13.3. The lowest BCUT2D eigenvalue weighted by atomic mass is 10.1. The van der Waals surface area contributed by atoms with E-state index in [-0.39, 0.29) is 6.10 Å². The minimum absolute atomic E-state index is 0.00150. The highest BCUT2D eigenvalue weighted by atomic mass is 16.5. The van der Waals surface area contributed by atoms with E-state index >= 15 is 0 Å². The van der Waals surface area contributed by atoms with E-state index in [1.807, 2.05) is 48.6 Å². The Bertz CT molecular complexity index is 526. The zero-order valence-corrected chi connectivity index (χ0v) is 11.1. The average molecular weight is 250 g/mol. The molecule has 0 saturated heterocycles. The third-order valence-corrected chi connectivity index (χ3v) is 2.87. The average Bonchev–Trinajstić information content (AvgIpc) is 2.49. The summed E-state index contributed by atoms with van der Waals surface area (Å²) >= 11 is 0. The molecule has 19 heavy (non-hydrogen) atoms. The Balaban J connectivity index is 1.99. The summed E-state index contributed by atoms with van der Waals surface area (Å²) in [4.78, 5) is 0. The molecule has 1 atom stereocenters. The maximum absolute atomic E-state index is 5.47. The monoisotopic (exact) mass is 250 g/mol. The summed E-state index contributed by atoms with van der Waals surface area (Å²) in [6.07, 6.45) is 8.18. The number of hydrogen-bond acceptors (Lipinski definition) is 1. The second-order valence-electron chi connectivity index (χ2n) is 4.22. The van der Waals surface area contributed by atoms with Crippen LogP contribution in [0.3, 0.4) is 0 Å². The van der Waals surface area contributed by atoms with Gasteiger partial charge in [0.05, 0.1) is 0 Å². The molecular weight excluding hydrogens is 232 g/mol. The van der Waals surface area contributed by atoms with Crippen molar-refractivity contribution >= 4 is 6.08 Å². The van der Waals surface area contributed by atoms with Gasteiger partial charge in [0, 0.05) is 7.11 Å². The van der Waals surface area contributed by atoms with E-state index in [9.17, 15) is 0 Å². The maximum atomic E-state index is 5.47. The van der Waals surface area contributed by atoms with Crippen LogP contribution in [0.1, 0.15) is 17.2 Å². The summed E-state index contributed by atoms with van der Waals surface area (Å²) in [6, 6.07) is 20.4. The Morgan fingerprint density at radius 3 is 2.11 bits per heavy atom. The van der Waals surface area contributed by atoms with Crippen LogP contribution in [0.2, 0.25) is 0 Å². The molecule has 0 aliphatic carbocycles. The van der Waals surface area contributed by atoms with Crippen molar-refractivity contribution in [2.45, 2.75) is 6.10 Å². The molecule has 0 aromatic heterocycles. The molecule has 2 aromatic carbocycles. The summed E-state index contributed by atoms with van der Waals surface area (Å²) in [5, 5.41) is 0. The lowest BCUT2D eigenvalue weighted by Gasteiger charge is -2.10. The Kier molecular flexibility index (Phi) is 5.15. The van der Waals surface area contributed by atoms with Crippen molar-refractivity contribution in [3.05, 3.63) is 90.0 Å². The molecule has 0 saturated carbocycles. The van der Waals surface area contributed by atoms with Crippen LogP contribution in [0.25, 0.3) is 6.08 Å². The van der Waals surface area contributed by atoms with Gasteiger partial charge in [-0.15, -0.1) is 0 Å². The molecule has 2 aromatic rings. The molecular formula is C18H18O. The van der Waals surface area contributed by atoms with E-state index in [1.165, 1.54) is 5.56 Å². The van der Waals surface area contributed by atoms with Crippen LogP contribution >= 0.6 is 0 Å². The first-order valence-electron chi connectivity index (χ1n) is 6.38. The third kappa shape index (κ3) is 4.23. The zero-order valence-electron chi connectivity index (χ0n) is 11.1. The maximum Gasteiger partial charge on any atom is 0.101 e. The SMILES string of the molecule is COC(/C=C/C=C/c1ccccc1)c1ccccc1. The summed E-state index contributed by atoms with van der Waals surface area (Å²) in [7, 11) is 1.73. The predicted molar refractivity (Wildman–Crippen MR) is 80.8 cm³/mol. The van der Waals surface area contributed by atoms with E-state index in [2.05, 4.69) is 36.4 Å². The van der Waals surface area contributed by atoms with E-state index in [0.29, 0.717) is 0 Å². The van der Waals surface area contributed by atoms with Gasteiger partial charge >= 0.3 is 0 Å². The molecule has 1 heteroatoms. The van der Waals surface area contributed by atoms with Crippen molar-refractivity contribution in [3.63, 3.8) is 0 Å². The van der Waals surface area contributed by atoms with Crippen molar-refractivity contribution in [2.24, 2.45) is 0 Å². The van der Waals surface area contributed by atoms with Crippen LogP contribution in [0.4, 0.5) is 0 Å².